The monoisotopic (exact) mass is 155 g/mol. The molecule has 0 aliphatic rings. The fourth-order valence-corrected chi connectivity index (χ4v) is 0.897. The van der Waals surface area contributed by atoms with Crippen molar-refractivity contribution < 1.29 is 0 Å². The van der Waals surface area contributed by atoms with E-state index in [1.165, 1.54) is 11.8 Å². The summed E-state index contributed by atoms with van der Waals surface area (Å²) in [5, 5.41) is 0. The third kappa shape index (κ3) is 4.34. The van der Waals surface area contributed by atoms with Gasteiger partial charge in [0.15, 0.2) is 0 Å². The second-order valence-corrected chi connectivity index (χ2v) is 2.22. The van der Waals surface area contributed by atoms with E-state index in [4.69, 9.17) is 5.73 Å². The Labute approximate surface area is 64.9 Å². The first-order valence-corrected chi connectivity index (χ1v) is 4.07. The minimum Gasteiger partial charge on any atom is -0.405 e. The van der Waals surface area contributed by atoms with Gasteiger partial charge in [-0.3, -0.25) is 0 Å². The molecular formula is C8H14NP. The predicted molar refractivity (Wildman–Crippen MR) is 50.8 cm³/mol. The van der Waals surface area contributed by atoms with Crippen molar-refractivity contribution in [2.24, 2.45) is 5.73 Å². The fourth-order valence-electron chi connectivity index (χ4n) is 0.525. The van der Waals surface area contributed by atoms with Crippen LogP contribution in [0.5, 0.6) is 0 Å². The first-order valence-electron chi connectivity index (χ1n) is 3.25. The number of nitrogens with two attached hydrogens (primary N) is 1. The Morgan fingerprint density at radius 3 is 2.60 bits per heavy atom. The number of rotatable bonds is 3. The van der Waals surface area contributed by atoms with Gasteiger partial charge in [0, 0.05) is 0 Å². The van der Waals surface area contributed by atoms with Crippen LogP contribution in [0, 0.1) is 0 Å². The quantitative estimate of drug-likeness (QED) is 0.488. The highest BCUT2D eigenvalue weighted by atomic mass is 31.0. The van der Waals surface area contributed by atoms with Crippen molar-refractivity contribution in [1.29, 1.82) is 0 Å². The summed E-state index contributed by atoms with van der Waals surface area (Å²) in [6, 6.07) is 0. The lowest BCUT2D eigenvalue weighted by molar-refractivity contribution is 1.49. The lowest BCUT2D eigenvalue weighted by Gasteiger charge is -1.90. The van der Waals surface area contributed by atoms with E-state index in [9.17, 15) is 0 Å². The smallest absolute Gasteiger partial charge is 0.00624 e. The van der Waals surface area contributed by atoms with Crippen LogP contribution >= 0.6 is 9.24 Å². The van der Waals surface area contributed by atoms with Gasteiger partial charge in [0.25, 0.3) is 0 Å². The zero-order valence-electron chi connectivity index (χ0n) is 6.25. The Balaban J connectivity index is 3.85. The highest BCUT2D eigenvalue weighted by molar-refractivity contribution is 7.16. The summed E-state index contributed by atoms with van der Waals surface area (Å²) in [6.45, 7) is 2.02. The third-order valence-electron chi connectivity index (χ3n) is 1.14. The first kappa shape index (κ1) is 9.45. The average molecular weight is 155 g/mol. The van der Waals surface area contributed by atoms with Gasteiger partial charge in [-0.1, -0.05) is 18.2 Å². The lowest BCUT2D eigenvalue weighted by atomic mass is 10.2. The summed E-state index contributed by atoms with van der Waals surface area (Å²) in [4.78, 5) is 0. The van der Waals surface area contributed by atoms with Crippen LogP contribution in [-0.4, -0.2) is 6.16 Å². The van der Waals surface area contributed by atoms with Gasteiger partial charge in [0.2, 0.25) is 0 Å². The Hall–Kier alpha value is -0.550. The molecule has 0 aromatic rings. The van der Waals surface area contributed by atoms with Gasteiger partial charge in [0.1, 0.15) is 0 Å². The Kier molecular flexibility index (Phi) is 6.21. The molecule has 2 heteroatoms. The van der Waals surface area contributed by atoms with Crippen LogP contribution in [0.2, 0.25) is 0 Å². The van der Waals surface area contributed by atoms with Crippen LogP contribution in [-0.2, 0) is 0 Å². The van der Waals surface area contributed by atoms with Crippen LogP contribution in [0.3, 0.4) is 0 Å². The lowest BCUT2D eigenvalue weighted by Crippen LogP contribution is -1.76. The van der Waals surface area contributed by atoms with Crippen molar-refractivity contribution in [3.05, 3.63) is 36.1 Å². The topological polar surface area (TPSA) is 26.0 Å². The molecule has 1 nitrogen and oxygen atoms in total. The van der Waals surface area contributed by atoms with Gasteiger partial charge >= 0.3 is 0 Å². The Morgan fingerprint density at radius 1 is 1.50 bits per heavy atom. The molecule has 0 aliphatic carbocycles. The van der Waals surface area contributed by atoms with E-state index in [-0.39, 0.29) is 0 Å². The van der Waals surface area contributed by atoms with Crippen LogP contribution in [0.25, 0.3) is 0 Å². The van der Waals surface area contributed by atoms with Crippen molar-refractivity contribution in [1.82, 2.24) is 0 Å². The number of allylic oxidation sites excluding steroid dienone is 5. The maximum atomic E-state index is 5.14. The first-order chi connectivity index (χ1) is 4.85. The van der Waals surface area contributed by atoms with Crippen molar-refractivity contribution in [3.63, 3.8) is 0 Å². The molecule has 0 aromatic carbocycles. The summed E-state index contributed by atoms with van der Waals surface area (Å²) < 4.78 is 0. The van der Waals surface area contributed by atoms with E-state index >= 15 is 0 Å². The molecule has 0 spiro atoms. The van der Waals surface area contributed by atoms with Crippen LogP contribution in [0.1, 0.15) is 6.92 Å². The highest BCUT2D eigenvalue weighted by Gasteiger charge is 1.80. The number of hydrogen-bond acceptors (Lipinski definition) is 1. The molecule has 56 valence electrons. The summed E-state index contributed by atoms with van der Waals surface area (Å²) in [5.41, 5.74) is 6.44. The Morgan fingerprint density at radius 2 is 2.20 bits per heavy atom. The number of hydrogen-bond donors (Lipinski definition) is 1. The van der Waals surface area contributed by atoms with E-state index in [1.54, 1.807) is 0 Å². The molecule has 0 amide bonds. The summed E-state index contributed by atoms with van der Waals surface area (Å²) in [6.07, 6.45) is 10.4. The minimum atomic E-state index is 0.991. The predicted octanol–water partition coefficient (Wildman–Crippen LogP) is 1.84. The molecular weight excluding hydrogens is 141 g/mol. The van der Waals surface area contributed by atoms with Crippen LogP contribution in [0.15, 0.2) is 36.1 Å². The molecule has 0 rings (SSSR count). The zero-order valence-corrected chi connectivity index (χ0v) is 7.40. The van der Waals surface area contributed by atoms with Crippen molar-refractivity contribution >= 4 is 9.24 Å². The standard InChI is InChI=1S/C8H14NP/c1-2-8(7-10)5-3-4-6-9/h2-6H,7,9-10H2,1H3/b5-3-,6-4-,8-2-. The summed E-state index contributed by atoms with van der Waals surface area (Å²) >= 11 is 0. The minimum absolute atomic E-state index is 0.991. The second-order valence-electron chi connectivity index (χ2n) is 1.81. The van der Waals surface area contributed by atoms with Gasteiger partial charge in [-0.2, -0.15) is 0 Å². The van der Waals surface area contributed by atoms with Crippen LogP contribution in [0.4, 0.5) is 0 Å². The normalized spacial score (nSPS) is 13.6. The van der Waals surface area contributed by atoms with E-state index in [1.807, 2.05) is 25.2 Å². The van der Waals surface area contributed by atoms with Crippen molar-refractivity contribution in [2.75, 3.05) is 6.16 Å². The SMILES string of the molecule is C/C=C(/C=C\C=C/N)CP. The largest absolute Gasteiger partial charge is 0.405 e. The van der Waals surface area contributed by atoms with Gasteiger partial charge in [-0.05, 0) is 30.9 Å². The van der Waals surface area contributed by atoms with Crippen molar-refractivity contribution in [3.8, 4) is 0 Å². The molecule has 0 bridgehead atoms. The maximum Gasteiger partial charge on any atom is -0.00624 e. The molecule has 0 saturated heterocycles. The molecule has 0 aliphatic heterocycles. The van der Waals surface area contributed by atoms with E-state index in [0.717, 1.165) is 6.16 Å². The third-order valence-corrected chi connectivity index (χ3v) is 1.61. The molecule has 1 unspecified atom stereocenters. The molecule has 2 N–H and O–H groups in total. The Bertz CT molecular complexity index is 157. The van der Waals surface area contributed by atoms with Gasteiger partial charge < -0.3 is 5.73 Å². The second kappa shape index (κ2) is 6.57. The molecule has 0 saturated carbocycles. The molecule has 0 heterocycles. The van der Waals surface area contributed by atoms with E-state index < -0.39 is 0 Å². The molecule has 0 radical (unpaired) electrons. The molecule has 0 aromatic heterocycles. The maximum absolute atomic E-state index is 5.14. The van der Waals surface area contributed by atoms with Crippen LogP contribution < -0.4 is 5.73 Å². The fraction of sp³-hybridized carbons (Fsp3) is 0.250. The highest BCUT2D eigenvalue weighted by Crippen LogP contribution is 2.00. The molecule has 0 fully saturated rings. The van der Waals surface area contributed by atoms with Gasteiger partial charge in [-0.15, -0.1) is 9.24 Å². The molecule has 10 heavy (non-hydrogen) atoms. The van der Waals surface area contributed by atoms with Gasteiger partial charge in [0.05, 0.1) is 0 Å². The summed E-state index contributed by atoms with van der Waals surface area (Å²) in [7, 11) is 2.67. The zero-order chi connectivity index (χ0) is 7.82. The van der Waals surface area contributed by atoms with E-state index in [0.29, 0.717) is 0 Å². The average Bonchev–Trinajstić information content (AvgIpc) is 1.99. The van der Waals surface area contributed by atoms with Gasteiger partial charge in [-0.25, -0.2) is 0 Å². The van der Waals surface area contributed by atoms with E-state index in [2.05, 4.69) is 15.3 Å². The summed E-state index contributed by atoms with van der Waals surface area (Å²) in [5.74, 6) is 0. The molecule has 1 atom stereocenters. The van der Waals surface area contributed by atoms with Crippen molar-refractivity contribution in [2.45, 2.75) is 6.92 Å².